The highest BCUT2D eigenvalue weighted by atomic mass is 79.9. The van der Waals surface area contributed by atoms with Crippen molar-refractivity contribution in [3.63, 3.8) is 0 Å². The highest BCUT2D eigenvalue weighted by Gasteiger charge is 2.03. The van der Waals surface area contributed by atoms with E-state index in [1.807, 2.05) is 25.1 Å². The number of hydrogen-bond donors (Lipinski definition) is 0. The summed E-state index contributed by atoms with van der Waals surface area (Å²) in [6.45, 7) is 2.58. The van der Waals surface area contributed by atoms with E-state index in [-0.39, 0.29) is 0 Å². The van der Waals surface area contributed by atoms with E-state index in [2.05, 4.69) is 25.9 Å². The van der Waals surface area contributed by atoms with Crippen LogP contribution in [0, 0.1) is 0 Å². The van der Waals surface area contributed by atoms with Gasteiger partial charge in [-0.15, -0.1) is 0 Å². The van der Waals surface area contributed by atoms with Gasteiger partial charge in [-0.1, -0.05) is 6.07 Å². The molecule has 0 unspecified atom stereocenters. The van der Waals surface area contributed by atoms with Gasteiger partial charge in [-0.3, -0.25) is 4.98 Å². The predicted molar refractivity (Wildman–Crippen MR) is 58.4 cm³/mol. The molecule has 0 amide bonds. The zero-order chi connectivity index (χ0) is 9.97. The van der Waals surface area contributed by atoms with Crippen molar-refractivity contribution in [2.24, 2.45) is 0 Å². The number of rotatable bonds is 2. The largest absolute Gasteiger partial charge is 0.492 e. The lowest BCUT2D eigenvalue weighted by atomic mass is 10.3. The first-order valence-electron chi connectivity index (χ1n) is 4.35. The van der Waals surface area contributed by atoms with Crippen LogP contribution in [0.3, 0.4) is 0 Å². The van der Waals surface area contributed by atoms with Crippen LogP contribution in [0.25, 0.3) is 11.0 Å². The molecule has 14 heavy (non-hydrogen) atoms. The molecule has 1 heterocycles. The second kappa shape index (κ2) is 3.92. The molecule has 1 aromatic carbocycles. The van der Waals surface area contributed by atoms with E-state index in [1.54, 1.807) is 6.20 Å². The summed E-state index contributed by atoms with van der Waals surface area (Å²) in [5.41, 5.74) is 1.64. The Morgan fingerprint density at radius 1 is 1.43 bits per heavy atom. The fraction of sp³-hybridized carbons (Fsp3) is 0.200. The molecule has 0 saturated carbocycles. The van der Waals surface area contributed by atoms with Crippen LogP contribution in [-0.4, -0.2) is 16.6 Å². The molecule has 0 fully saturated rings. The quantitative estimate of drug-likeness (QED) is 0.825. The molecule has 3 nitrogen and oxygen atoms in total. The van der Waals surface area contributed by atoms with Gasteiger partial charge >= 0.3 is 0 Å². The van der Waals surface area contributed by atoms with E-state index in [4.69, 9.17) is 4.74 Å². The van der Waals surface area contributed by atoms with Gasteiger partial charge in [-0.2, -0.15) is 0 Å². The third-order valence-electron chi connectivity index (χ3n) is 1.81. The van der Waals surface area contributed by atoms with Crippen molar-refractivity contribution in [2.45, 2.75) is 6.92 Å². The number of nitrogens with zero attached hydrogens (tertiary/aromatic N) is 2. The second-order valence-electron chi connectivity index (χ2n) is 2.75. The molecule has 0 aliphatic heterocycles. The molecule has 0 spiro atoms. The Morgan fingerprint density at radius 2 is 2.29 bits per heavy atom. The van der Waals surface area contributed by atoms with Gasteiger partial charge in [-0.25, -0.2) is 4.98 Å². The number of hydrogen-bond acceptors (Lipinski definition) is 3. The van der Waals surface area contributed by atoms with Gasteiger partial charge in [0.15, 0.2) is 0 Å². The van der Waals surface area contributed by atoms with Gasteiger partial charge < -0.3 is 4.74 Å². The van der Waals surface area contributed by atoms with Crippen molar-refractivity contribution in [3.05, 3.63) is 29.0 Å². The van der Waals surface area contributed by atoms with Crippen molar-refractivity contribution >= 4 is 27.0 Å². The Hall–Kier alpha value is -1.16. The van der Waals surface area contributed by atoms with Crippen LogP contribution in [0.1, 0.15) is 6.92 Å². The summed E-state index contributed by atoms with van der Waals surface area (Å²) in [6.07, 6.45) is 1.68. The van der Waals surface area contributed by atoms with Crippen LogP contribution in [0.2, 0.25) is 0 Å². The monoisotopic (exact) mass is 252 g/mol. The number of para-hydroxylation sites is 1. The molecular weight excluding hydrogens is 244 g/mol. The van der Waals surface area contributed by atoms with Gasteiger partial charge in [0.05, 0.1) is 18.3 Å². The fourth-order valence-corrected chi connectivity index (χ4v) is 1.54. The van der Waals surface area contributed by atoms with Crippen LogP contribution in [0.15, 0.2) is 29.0 Å². The Labute approximate surface area is 90.3 Å². The molecule has 0 N–H and O–H groups in total. The molecule has 1 aromatic heterocycles. The minimum absolute atomic E-state index is 0.632. The van der Waals surface area contributed by atoms with Crippen molar-refractivity contribution in [1.29, 1.82) is 0 Å². The molecule has 0 saturated heterocycles. The summed E-state index contributed by atoms with van der Waals surface area (Å²) in [7, 11) is 0. The first kappa shape index (κ1) is 9.40. The number of fused-ring (bicyclic) bond motifs is 1. The minimum Gasteiger partial charge on any atom is -0.492 e. The van der Waals surface area contributed by atoms with E-state index in [0.29, 0.717) is 6.61 Å². The molecule has 2 rings (SSSR count). The zero-order valence-corrected chi connectivity index (χ0v) is 9.28. The van der Waals surface area contributed by atoms with Gasteiger partial charge in [0.1, 0.15) is 15.9 Å². The van der Waals surface area contributed by atoms with E-state index in [0.717, 1.165) is 21.4 Å². The molecule has 0 radical (unpaired) electrons. The summed E-state index contributed by atoms with van der Waals surface area (Å²) < 4.78 is 6.17. The van der Waals surface area contributed by atoms with Crippen LogP contribution in [0.5, 0.6) is 5.75 Å². The maximum Gasteiger partial charge on any atom is 0.147 e. The minimum atomic E-state index is 0.632. The number of halogens is 1. The van der Waals surface area contributed by atoms with Gasteiger partial charge in [0, 0.05) is 0 Å². The topological polar surface area (TPSA) is 35.0 Å². The lowest BCUT2D eigenvalue weighted by molar-refractivity contribution is 0.343. The Balaban J connectivity index is 2.64. The lowest BCUT2D eigenvalue weighted by Crippen LogP contribution is -1.94. The van der Waals surface area contributed by atoms with E-state index >= 15 is 0 Å². The van der Waals surface area contributed by atoms with Gasteiger partial charge in [0.2, 0.25) is 0 Å². The fourth-order valence-electron chi connectivity index (χ4n) is 1.26. The van der Waals surface area contributed by atoms with Crippen molar-refractivity contribution < 1.29 is 4.74 Å². The van der Waals surface area contributed by atoms with E-state index in [1.165, 1.54) is 0 Å². The van der Waals surface area contributed by atoms with Crippen LogP contribution >= 0.6 is 15.9 Å². The van der Waals surface area contributed by atoms with Gasteiger partial charge in [-0.05, 0) is 35.0 Å². The SMILES string of the molecule is CCOc1cccc2ncc(Br)nc12. The number of ether oxygens (including phenoxy) is 1. The molecule has 4 heteroatoms. The zero-order valence-electron chi connectivity index (χ0n) is 7.70. The Bertz CT molecular complexity index is 459. The summed E-state index contributed by atoms with van der Waals surface area (Å²) >= 11 is 3.29. The summed E-state index contributed by atoms with van der Waals surface area (Å²) in [5.74, 6) is 0.777. The number of benzene rings is 1. The normalized spacial score (nSPS) is 10.4. The first-order valence-corrected chi connectivity index (χ1v) is 5.14. The summed E-state index contributed by atoms with van der Waals surface area (Å²) in [6, 6.07) is 5.72. The van der Waals surface area contributed by atoms with Crippen molar-refractivity contribution in [2.75, 3.05) is 6.61 Å². The first-order chi connectivity index (χ1) is 6.81. The summed E-state index contributed by atoms with van der Waals surface area (Å²) in [4.78, 5) is 8.56. The van der Waals surface area contributed by atoms with E-state index < -0.39 is 0 Å². The third-order valence-corrected chi connectivity index (χ3v) is 2.19. The highest BCUT2D eigenvalue weighted by molar-refractivity contribution is 9.10. The van der Waals surface area contributed by atoms with Crippen LogP contribution in [-0.2, 0) is 0 Å². The van der Waals surface area contributed by atoms with E-state index in [9.17, 15) is 0 Å². The molecule has 0 aliphatic carbocycles. The Kier molecular flexibility index (Phi) is 2.63. The average molecular weight is 253 g/mol. The predicted octanol–water partition coefficient (Wildman–Crippen LogP) is 2.79. The number of aromatic nitrogens is 2. The standard InChI is InChI=1S/C10H9BrN2O/c1-2-14-8-5-3-4-7-10(8)13-9(11)6-12-7/h3-6H,2H2,1H3. The second-order valence-corrected chi connectivity index (χ2v) is 3.56. The van der Waals surface area contributed by atoms with Crippen LogP contribution < -0.4 is 4.74 Å². The van der Waals surface area contributed by atoms with Crippen LogP contribution in [0.4, 0.5) is 0 Å². The molecule has 0 atom stereocenters. The third kappa shape index (κ3) is 1.70. The molecule has 0 aliphatic rings. The average Bonchev–Trinajstić information content (AvgIpc) is 2.19. The maximum absolute atomic E-state index is 5.45. The van der Waals surface area contributed by atoms with Crippen molar-refractivity contribution in [3.8, 4) is 5.75 Å². The molecule has 0 bridgehead atoms. The molecule has 2 aromatic rings. The van der Waals surface area contributed by atoms with Crippen molar-refractivity contribution in [1.82, 2.24) is 9.97 Å². The Morgan fingerprint density at radius 3 is 3.07 bits per heavy atom. The maximum atomic E-state index is 5.45. The lowest BCUT2D eigenvalue weighted by Gasteiger charge is -2.05. The highest BCUT2D eigenvalue weighted by Crippen LogP contribution is 2.23. The van der Waals surface area contributed by atoms with Gasteiger partial charge in [0.25, 0.3) is 0 Å². The molecular formula is C10H9BrN2O. The molecule has 72 valence electrons. The smallest absolute Gasteiger partial charge is 0.147 e. The summed E-state index contributed by atoms with van der Waals surface area (Å²) in [5, 5.41) is 0.